The van der Waals surface area contributed by atoms with E-state index in [4.69, 9.17) is 10.6 Å². The third-order valence-electron chi connectivity index (χ3n) is 9.06. The van der Waals surface area contributed by atoms with Crippen LogP contribution in [0.2, 0.25) is 0 Å². The van der Waals surface area contributed by atoms with Gasteiger partial charge in [0.05, 0.1) is 5.71 Å². The Morgan fingerprint density at radius 2 is 1.86 bits per heavy atom. The van der Waals surface area contributed by atoms with E-state index in [9.17, 15) is 4.79 Å². The summed E-state index contributed by atoms with van der Waals surface area (Å²) in [4.78, 5) is 18.2. The highest BCUT2D eigenvalue weighted by Gasteiger charge is 2.60. The third kappa shape index (κ3) is 2.81. The fourth-order valence-electron chi connectivity index (χ4n) is 7.43. The van der Waals surface area contributed by atoms with Crippen molar-refractivity contribution in [2.75, 3.05) is 13.2 Å². The lowest BCUT2D eigenvalue weighted by Crippen LogP contribution is -2.53. The molecule has 0 aliphatic heterocycles. The summed E-state index contributed by atoms with van der Waals surface area (Å²) in [7, 11) is 0. The fraction of sp³-hybridized carbons (Fsp3) is 0.833. The fourth-order valence-corrected chi connectivity index (χ4v) is 7.43. The minimum atomic E-state index is -0.0487. The summed E-state index contributed by atoms with van der Waals surface area (Å²) in [6, 6.07) is 0. The number of nitrogens with two attached hydrogens (primary N) is 1. The number of hydrogen-bond acceptors (Lipinski definition) is 4. The number of Topliss-reactive ketones (excluding diaryl/α,β-unsaturated/α-hetero) is 1. The van der Waals surface area contributed by atoms with E-state index in [-0.39, 0.29) is 16.2 Å². The van der Waals surface area contributed by atoms with Gasteiger partial charge in [-0.1, -0.05) is 44.5 Å². The number of hydrogen-bond donors (Lipinski definition) is 1. The van der Waals surface area contributed by atoms with Crippen LogP contribution < -0.4 is 5.73 Å². The Bertz CT molecular complexity index is 709. The molecule has 0 radical (unpaired) electrons. The minimum Gasteiger partial charge on any atom is -0.396 e. The number of nitrogens with zero attached hydrogens (tertiary/aromatic N) is 1. The highest BCUT2D eigenvalue weighted by molar-refractivity contribution is 5.93. The van der Waals surface area contributed by atoms with E-state index >= 15 is 0 Å². The van der Waals surface area contributed by atoms with Crippen molar-refractivity contribution in [3.63, 3.8) is 0 Å². The molecule has 156 valence electrons. The molecule has 0 saturated heterocycles. The quantitative estimate of drug-likeness (QED) is 0.426. The van der Waals surface area contributed by atoms with E-state index in [0.29, 0.717) is 36.7 Å². The Kier molecular flexibility index (Phi) is 5.01. The molecule has 4 rings (SSSR count). The number of oxime groups is 1. The van der Waals surface area contributed by atoms with Crippen molar-refractivity contribution in [2.45, 2.75) is 79.1 Å². The van der Waals surface area contributed by atoms with Gasteiger partial charge in [-0.3, -0.25) is 4.79 Å². The molecular formula is C24H38N2O2. The van der Waals surface area contributed by atoms with E-state index in [1.807, 2.05) is 0 Å². The molecule has 2 N–H and O–H groups in total. The number of fused-ring (bicyclic) bond motifs is 5. The van der Waals surface area contributed by atoms with Crippen LogP contribution in [0.25, 0.3) is 0 Å². The molecule has 28 heavy (non-hydrogen) atoms. The lowest BCUT2D eigenvalue weighted by molar-refractivity contribution is -0.131. The van der Waals surface area contributed by atoms with Gasteiger partial charge < -0.3 is 10.6 Å². The maximum atomic E-state index is 12.6. The topological polar surface area (TPSA) is 64.7 Å². The van der Waals surface area contributed by atoms with Crippen molar-refractivity contribution in [3.05, 3.63) is 11.6 Å². The molecule has 0 heterocycles. The van der Waals surface area contributed by atoms with Crippen molar-refractivity contribution in [1.29, 1.82) is 0 Å². The zero-order valence-corrected chi connectivity index (χ0v) is 18.2. The lowest BCUT2D eigenvalue weighted by Gasteiger charge is -2.59. The van der Waals surface area contributed by atoms with Crippen molar-refractivity contribution in [1.82, 2.24) is 0 Å². The number of ketones is 1. The highest BCUT2D eigenvalue weighted by atomic mass is 16.6. The van der Waals surface area contributed by atoms with Crippen LogP contribution in [-0.2, 0) is 9.63 Å². The van der Waals surface area contributed by atoms with Crippen LogP contribution in [0.4, 0.5) is 0 Å². The molecule has 4 aliphatic rings. The second-order valence-electron chi connectivity index (χ2n) is 10.7. The maximum absolute atomic E-state index is 12.6. The number of carbonyl (C=O) groups excluding carboxylic acids is 1. The number of carbonyl (C=O) groups is 1. The van der Waals surface area contributed by atoms with Gasteiger partial charge in [0.2, 0.25) is 0 Å². The molecule has 4 nitrogen and oxygen atoms in total. The molecule has 0 amide bonds. The average Bonchev–Trinajstić information content (AvgIpc) is 2.95. The first kappa shape index (κ1) is 20.1. The van der Waals surface area contributed by atoms with Gasteiger partial charge in [0.1, 0.15) is 12.4 Å². The Balaban J connectivity index is 1.61. The first-order valence-corrected chi connectivity index (χ1v) is 11.4. The highest BCUT2D eigenvalue weighted by Crippen LogP contribution is 2.66. The van der Waals surface area contributed by atoms with Gasteiger partial charge in [0, 0.05) is 17.3 Å². The van der Waals surface area contributed by atoms with E-state index in [2.05, 4.69) is 38.9 Å². The van der Waals surface area contributed by atoms with Crippen LogP contribution >= 0.6 is 0 Å². The predicted molar refractivity (Wildman–Crippen MR) is 113 cm³/mol. The molecule has 3 saturated carbocycles. The summed E-state index contributed by atoms with van der Waals surface area (Å²) in [6.07, 6.45) is 10.9. The van der Waals surface area contributed by atoms with E-state index in [0.717, 1.165) is 44.9 Å². The Labute approximate surface area is 170 Å². The third-order valence-corrected chi connectivity index (χ3v) is 9.06. The normalized spacial score (nSPS) is 43.2. The van der Waals surface area contributed by atoms with Gasteiger partial charge >= 0.3 is 0 Å². The second kappa shape index (κ2) is 6.97. The van der Waals surface area contributed by atoms with Crippen molar-refractivity contribution >= 4 is 11.5 Å². The summed E-state index contributed by atoms with van der Waals surface area (Å²) in [5.74, 6) is 2.50. The molecule has 4 aliphatic carbocycles. The average molecular weight is 387 g/mol. The van der Waals surface area contributed by atoms with Gasteiger partial charge in [-0.05, 0) is 74.7 Å². The molecule has 0 unspecified atom stereocenters. The van der Waals surface area contributed by atoms with Crippen molar-refractivity contribution < 1.29 is 9.63 Å². The van der Waals surface area contributed by atoms with Gasteiger partial charge in [0.15, 0.2) is 0 Å². The van der Waals surface area contributed by atoms with Crippen LogP contribution in [0, 0.1) is 34.0 Å². The van der Waals surface area contributed by atoms with E-state index in [1.54, 1.807) is 5.57 Å². The van der Waals surface area contributed by atoms with Crippen LogP contribution in [0.5, 0.6) is 0 Å². The first-order chi connectivity index (χ1) is 13.2. The predicted octanol–water partition coefficient (Wildman–Crippen LogP) is 4.88. The standard InChI is InChI=1S/C24H38N2O2/c1-22(2)19-8-6-16-17-7-9-21(27)24(17,4)12-10-18(16)23(19,3)13-11-20(22)26-28-15-5-14-25/h8,16-18H,5-7,9-15,25H2,1-4H3/b26-20-/t16-,17-,18-,23+,24-/m0/s1. The minimum absolute atomic E-state index is 0.0451. The maximum Gasteiger partial charge on any atom is 0.139 e. The number of allylic oxidation sites excluding steroid dienone is 2. The van der Waals surface area contributed by atoms with Crippen molar-refractivity contribution in [2.24, 2.45) is 44.9 Å². The second-order valence-corrected chi connectivity index (χ2v) is 10.7. The van der Waals surface area contributed by atoms with Crippen LogP contribution in [-0.4, -0.2) is 24.6 Å². The van der Waals surface area contributed by atoms with E-state index < -0.39 is 0 Å². The molecular weight excluding hydrogens is 348 g/mol. The van der Waals surface area contributed by atoms with Gasteiger partial charge in [-0.25, -0.2) is 0 Å². The molecule has 4 heteroatoms. The van der Waals surface area contributed by atoms with Gasteiger partial charge in [-0.2, -0.15) is 0 Å². The van der Waals surface area contributed by atoms with Crippen LogP contribution in [0.1, 0.15) is 79.1 Å². The monoisotopic (exact) mass is 386 g/mol. The molecule has 0 spiro atoms. The summed E-state index contributed by atoms with van der Waals surface area (Å²) < 4.78 is 0. The van der Waals surface area contributed by atoms with Gasteiger partial charge in [-0.15, -0.1) is 0 Å². The Morgan fingerprint density at radius 1 is 1.11 bits per heavy atom. The van der Waals surface area contributed by atoms with E-state index in [1.165, 1.54) is 12.1 Å². The number of rotatable bonds is 4. The summed E-state index contributed by atoms with van der Waals surface area (Å²) in [6.45, 7) is 10.7. The molecule has 3 fully saturated rings. The molecule has 0 aromatic heterocycles. The largest absolute Gasteiger partial charge is 0.396 e. The molecule has 0 bridgehead atoms. The summed E-state index contributed by atoms with van der Waals surface area (Å²) >= 11 is 0. The first-order valence-electron chi connectivity index (χ1n) is 11.4. The summed E-state index contributed by atoms with van der Waals surface area (Å²) in [5, 5.41) is 4.55. The molecule has 0 aromatic carbocycles. The smallest absolute Gasteiger partial charge is 0.139 e. The van der Waals surface area contributed by atoms with Crippen LogP contribution in [0.3, 0.4) is 0 Å². The summed E-state index contributed by atoms with van der Waals surface area (Å²) in [5.41, 5.74) is 8.46. The lowest BCUT2D eigenvalue weighted by atomic mass is 9.45. The molecule has 0 aromatic rings. The zero-order valence-electron chi connectivity index (χ0n) is 18.2. The Hall–Kier alpha value is -1.16. The molecule has 5 atom stereocenters. The van der Waals surface area contributed by atoms with Crippen LogP contribution in [0.15, 0.2) is 16.8 Å². The Morgan fingerprint density at radius 3 is 2.61 bits per heavy atom. The van der Waals surface area contributed by atoms with Gasteiger partial charge in [0.25, 0.3) is 0 Å². The SMILES string of the molecule is CC1(C)C2=CC[C@@H]3[C@H](CC[C@]4(C)C(=O)CC[C@@H]34)[C@@]2(C)CC/C1=N/OCCCN. The zero-order chi connectivity index (χ0) is 20.2. The van der Waals surface area contributed by atoms with Crippen molar-refractivity contribution in [3.8, 4) is 0 Å².